The molecule has 2 nitrogen and oxygen atoms in total. The molecule has 0 aromatic heterocycles. The van der Waals surface area contributed by atoms with Crippen LogP contribution in [-0.2, 0) is 9.53 Å². The number of unbranched alkanes of at least 4 members (excludes halogenated alkanes) is 5. The Hall–Kier alpha value is 0.430. The summed E-state index contributed by atoms with van der Waals surface area (Å²) in [6, 6.07) is 0. The largest absolute Gasteiger partial charge is 0.462 e. The first kappa shape index (κ1) is 30.4. The summed E-state index contributed by atoms with van der Waals surface area (Å²) in [5, 5.41) is 0. The molecule has 0 aromatic rings. The van der Waals surface area contributed by atoms with Gasteiger partial charge in [-0.3, -0.25) is 4.79 Å². The van der Waals surface area contributed by atoms with E-state index in [2.05, 4.69) is 66.5 Å². The van der Waals surface area contributed by atoms with Crippen molar-refractivity contribution in [2.24, 2.45) is 40.4 Å². The predicted octanol–water partition coefficient (Wildman–Crippen LogP) is 10.6. The zero-order chi connectivity index (χ0) is 26.8. The van der Waals surface area contributed by atoms with Crippen LogP contribution in [0.25, 0.3) is 0 Å². The van der Waals surface area contributed by atoms with Crippen molar-refractivity contribution in [2.75, 3.05) is 0 Å². The SMILES string of the molecule is CCCCCCCC[C@@H]1CC[C@@H]2[C@@H]3C[C@H](Br)[C@]4(Br)C[C@@H](OC(=O)C[C@@H](C)CC)CC[C@]4(C)[C@@H]3CC[C@]12C. The average molecular weight is 645 g/mol. The first-order valence-corrected chi connectivity index (χ1v) is 17.8. The predicted molar refractivity (Wildman–Crippen MR) is 163 cm³/mol. The first-order chi connectivity index (χ1) is 17.6. The second-order valence-corrected chi connectivity index (χ2v) is 16.8. The number of rotatable bonds is 11. The van der Waals surface area contributed by atoms with Gasteiger partial charge in [0.15, 0.2) is 0 Å². The molecule has 0 heterocycles. The van der Waals surface area contributed by atoms with Gasteiger partial charge in [-0.2, -0.15) is 0 Å². The van der Waals surface area contributed by atoms with Crippen LogP contribution in [0.3, 0.4) is 0 Å². The Labute approximate surface area is 245 Å². The molecule has 0 spiro atoms. The molecule has 4 heteroatoms. The van der Waals surface area contributed by atoms with Crippen molar-refractivity contribution in [3.05, 3.63) is 0 Å². The van der Waals surface area contributed by atoms with Gasteiger partial charge in [0.1, 0.15) is 6.10 Å². The van der Waals surface area contributed by atoms with Crippen LogP contribution in [0, 0.1) is 40.4 Å². The third-order valence-corrected chi connectivity index (χ3v) is 15.9. The fourth-order valence-corrected chi connectivity index (χ4v) is 11.8. The van der Waals surface area contributed by atoms with E-state index in [0.29, 0.717) is 22.6 Å². The van der Waals surface area contributed by atoms with Crippen LogP contribution in [0.5, 0.6) is 0 Å². The highest BCUT2D eigenvalue weighted by Gasteiger charge is 2.66. The van der Waals surface area contributed by atoms with Gasteiger partial charge in [0, 0.05) is 22.0 Å². The van der Waals surface area contributed by atoms with E-state index in [9.17, 15) is 4.79 Å². The molecule has 214 valence electrons. The molecule has 0 aliphatic heterocycles. The molecule has 0 aromatic carbocycles. The highest BCUT2D eigenvalue weighted by atomic mass is 79.9. The molecule has 4 aliphatic carbocycles. The fourth-order valence-electron chi connectivity index (χ4n) is 9.66. The summed E-state index contributed by atoms with van der Waals surface area (Å²) in [4.78, 5) is 13.1. The highest BCUT2D eigenvalue weighted by Crippen LogP contribution is 2.71. The second-order valence-electron chi connectivity index (χ2n) is 14.3. The maximum Gasteiger partial charge on any atom is 0.306 e. The van der Waals surface area contributed by atoms with Gasteiger partial charge < -0.3 is 4.74 Å². The Bertz CT molecular complexity index is 771. The Balaban J connectivity index is 1.40. The van der Waals surface area contributed by atoms with Crippen molar-refractivity contribution in [3.63, 3.8) is 0 Å². The molecule has 0 N–H and O–H groups in total. The van der Waals surface area contributed by atoms with E-state index in [4.69, 9.17) is 4.74 Å². The number of carbonyl (C=O) groups is 1. The summed E-state index contributed by atoms with van der Waals surface area (Å²) in [7, 11) is 0. The van der Waals surface area contributed by atoms with Gasteiger partial charge in [0.05, 0.1) is 0 Å². The molecule has 0 saturated heterocycles. The Morgan fingerprint density at radius 2 is 1.70 bits per heavy atom. The number of fused-ring (bicyclic) bond motifs is 5. The summed E-state index contributed by atoms with van der Waals surface area (Å²) in [5.41, 5.74) is 0.824. The van der Waals surface area contributed by atoms with Gasteiger partial charge in [-0.1, -0.05) is 111 Å². The molecule has 0 radical (unpaired) electrons. The minimum absolute atomic E-state index is 0.00894. The standard InChI is InChI=1S/C33H56Br2O2/c1-6-8-9-10-11-12-13-24-14-15-27-26-21-29(34)33(35)22-25(37-30(36)20-23(3)7-2)16-19-32(33,5)28(26)17-18-31(24,27)4/h23-29H,6-22H2,1-5H3/t23-,24+,25-,26-,27+,28+,29-,31+,32+,33+/m0/s1. The lowest BCUT2D eigenvalue weighted by Gasteiger charge is -2.65. The van der Waals surface area contributed by atoms with Gasteiger partial charge in [-0.15, -0.1) is 0 Å². The quantitative estimate of drug-likeness (QED) is 0.127. The zero-order valence-electron chi connectivity index (χ0n) is 24.6. The summed E-state index contributed by atoms with van der Waals surface area (Å²) in [6.07, 6.45) is 21.8. The minimum Gasteiger partial charge on any atom is -0.462 e. The van der Waals surface area contributed by atoms with Crippen molar-refractivity contribution in [1.82, 2.24) is 0 Å². The number of hydrogen-bond donors (Lipinski definition) is 0. The van der Waals surface area contributed by atoms with E-state index in [1.165, 1.54) is 83.5 Å². The van der Waals surface area contributed by atoms with E-state index in [1.54, 1.807) is 0 Å². The zero-order valence-corrected chi connectivity index (χ0v) is 27.8. The summed E-state index contributed by atoms with van der Waals surface area (Å²) in [5.74, 6) is 3.90. The van der Waals surface area contributed by atoms with Gasteiger partial charge in [-0.05, 0) is 91.8 Å². The van der Waals surface area contributed by atoms with Crippen molar-refractivity contribution < 1.29 is 9.53 Å². The number of hydrogen-bond acceptors (Lipinski definition) is 2. The van der Waals surface area contributed by atoms with E-state index in [1.807, 2.05) is 0 Å². The smallest absolute Gasteiger partial charge is 0.306 e. The molecule has 0 amide bonds. The van der Waals surface area contributed by atoms with Crippen LogP contribution in [0.1, 0.15) is 144 Å². The molecule has 0 unspecified atom stereocenters. The molecular formula is C33H56Br2O2. The van der Waals surface area contributed by atoms with Gasteiger partial charge >= 0.3 is 5.97 Å². The molecule has 4 fully saturated rings. The van der Waals surface area contributed by atoms with Crippen LogP contribution in [0.2, 0.25) is 0 Å². The third kappa shape index (κ3) is 5.92. The maximum atomic E-state index is 12.6. The molecule has 10 atom stereocenters. The van der Waals surface area contributed by atoms with E-state index in [0.717, 1.165) is 42.9 Å². The Kier molecular flexibility index (Phi) is 10.3. The summed E-state index contributed by atoms with van der Waals surface area (Å²) < 4.78 is 6.10. The van der Waals surface area contributed by atoms with Crippen LogP contribution in [0.4, 0.5) is 0 Å². The molecular weight excluding hydrogens is 588 g/mol. The maximum absolute atomic E-state index is 12.6. The minimum atomic E-state index is 0.00894. The van der Waals surface area contributed by atoms with Crippen LogP contribution in [0.15, 0.2) is 0 Å². The van der Waals surface area contributed by atoms with Gasteiger partial charge in [0.25, 0.3) is 0 Å². The normalized spacial score (nSPS) is 44.0. The monoisotopic (exact) mass is 642 g/mol. The van der Waals surface area contributed by atoms with Crippen LogP contribution < -0.4 is 0 Å². The second kappa shape index (κ2) is 12.5. The van der Waals surface area contributed by atoms with E-state index >= 15 is 0 Å². The van der Waals surface area contributed by atoms with Crippen molar-refractivity contribution in [1.29, 1.82) is 0 Å². The van der Waals surface area contributed by atoms with Crippen molar-refractivity contribution in [2.45, 2.75) is 159 Å². The van der Waals surface area contributed by atoms with Gasteiger partial charge in [-0.25, -0.2) is 0 Å². The van der Waals surface area contributed by atoms with Crippen LogP contribution in [-0.4, -0.2) is 21.2 Å². The molecule has 4 aliphatic rings. The van der Waals surface area contributed by atoms with Crippen molar-refractivity contribution in [3.8, 4) is 0 Å². The Morgan fingerprint density at radius 1 is 0.973 bits per heavy atom. The Morgan fingerprint density at radius 3 is 2.43 bits per heavy atom. The molecule has 4 rings (SSSR count). The number of halogens is 2. The summed E-state index contributed by atoms with van der Waals surface area (Å²) in [6.45, 7) is 11.9. The number of carbonyl (C=O) groups excluding carboxylic acids is 1. The fraction of sp³-hybridized carbons (Fsp3) is 0.970. The highest BCUT2D eigenvalue weighted by molar-refractivity contribution is 9.12. The molecule has 37 heavy (non-hydrogen) atoms. The molecule has 0 bridgehead atoms. The van der Waals surface area contributed by atoms with Gasteiger partial charge in [0.2, 0.25) is 0 Å². The summed E-state index contributed by atoms with van der Waals surface area (Å²) >= 11 is 8.61. The van der Waals surface area contributed by atoms with E-state index < -0.39 is 0 Å². The number of esters is 1. The van der Waals surface area contributed by atoms with Crippen LogP contribution >= 0.6 is 31.9 Å². The van der Waals surface area contributed by atoms with Crippen molar-refractivity contribution >= 4 is 37.8 Å². The lowest BCUT2D eigenvalue weighted by atomic mass is 9.44. The molecule has 4 saturated carbocycles. The third-order valence-electron chi connectivity index (χ3n) is 12.3. The number of alkyl halides is 2. The average Bonchev–Trinajstić information content (AvgIpc) is 3.19. The number of ether oxygens (including phenoxy) is 1. The first-order valence-electron chi connectivity index (χ1n) is 16.1. The van der Waals surface area contributed by atoms with E-state index in [-0.39, 0.29) is 21.8 Å². The lowest BCUT2D eigenvalue weighted by Crippen LogP contribution is -2.64. The lowest BCUT2D eigenvalue weighted by molar-refractivity contribution is -0.158. The topological polar surface area (TPSA) is 26.3 Å².